The monoisotopic (exact) mass is 171 g/mol. The van der Waals surface area contributed by atoms with E-state index >= 15 is 0 Å². The molecule has 2 amide bonds. The van der Waals surface area contributed by atoms with Gasteiger partial charge in [0.1, 0.15) is 0 Å². The van der Waals surface area contributed by atoms with E-state index in [1.54, 1.807) is 5.32 Å². The van der Waals surface area contributed by atoms with Crippen LogP contribution in [0.5, 0.6) is 0 Å². The first-order valence-corrected chi connectivity index (χ1v) is 3.08. The van der Waals surface area contributed by atoms with Gasteiger partial charge < -0.3 is 4.74 Å². The molecular weight excluding hydrogens is 162 g/mol. The smallest absolute Gasteiger partial charge is 0.396 e. The number of ether oxygens (including phenoxy) is 1. The van der Waals surface area contributed by atoms with E-state index in [0.29, 0.717) is 0 Å². The summed E-state index contributed by atoms with van der Waals surface area (Å²) in [5, 5.41) is 1.78. The zero-order valence-corrected chi connectivity index (χ0v) is 6.84. The number of hydrogen-bond donors (Lipinski definition) is 1. The molecule has 0 spiro atoms. The van der Waals surface area contributed by atoms with Gasteiger partial charge in [-0.05, 0) is 6.92 Å². The maximum absolute atomic E-state index is 10.7. The molecule has 0 aliphatic heterocycles. The van der Waals surface area contributed by atoms with Gasteiger partial charge in [-0.1, -0.05) is 6.58 Å². The number of imide groups is 1. The molecule has 12 heavy (non-hydrogen) atoms. The normalized spacial score (nSPS) is 8.50. The summed E-state index contributed by atoms with van der Waals surface area (Å²) in [5.41, 5.74) is 0.146. The molecule has 1 N–H and O–H groups in total. The minimum atomic E-state index is -1.11. The minimum absolute atomic E-state index is 0.146. The molecule has 0 bridgehead atoms. The van der Waals surface area contributed by atoms with E-state index in [9.17, 15) is 14.4 Å². The fourth-order valence-corrected chi connectivity index (χ4v) is 0.354. The third-order valence-corrected chi connectivity index (χ3v) is 0.985. The van der Waals surface area contributed by atoms with Gasteiger partial charge >= 0.3 is 11.9 Å². The minimum Gasteiger partial charge on any atom is -0.462 e. The Morgan fingerprint density at radius 3 is 2.08 bits per heavy atom. The van der Waals surface area contributed by atoms with Crippen molar-refractivity contribution in [2.45, 2.75) is 6.92 Å². The van der Waals surface area contributed by atoms with Crippen LogP contribution >= 0.6 is 0 Å². The van der Waals surface area contributed by atoms with E-state index in [4.69, 9.17) is 0 Å². The number of rotatable bonds is 1. The van der Waals surface area contributed by atoms with Crippen molar-refractivity contribution in [3.63, 3.8) is 0 Å². The number of nitrogens with one attached hydrogen (secondary N) is 1. The molecule has 0 aromatic rings. The van der Waals surface area contributed by atoms with Crippen molar-refractivity contribution >= 4 is 17.8 Å². The predicted molar refractivity (Wildman–Crippen MR) is 40.0 cm³/mol. The second kappa shape index (κ2) is 4.27. The molecule has 0 saturated carbocycles. The van der Waals surface area contributed by atoms with Crippen molar-refractivity contribution in [3.8, 4) is 0 Å². The average Bonchev–Trinajstić information content (AvgIpc) is 2.02. The first kappa shape index (κ1) is 10.3. The summed E-state index contributed by atoms with van der Waals surface area (Å²) in [6.07, 6.45) is 0. The van der Waals surface area contributed by atoms with Crippen LogP contribution in [0, 0.1) is 0 Å². The van der Waals surface area contributed by atoms with E-state index in [2.05, 4.69) is 11.3 Å². The summed E-state index contributed by atoms with van der Waals surface area (Å²) in [5.74, 6) is -2.89. The van der Waals surface area contributed by atoms with E-state index in [1.165, 1.54) is 6.92 Å². The second-order valence-corrected chi connectivity index (χ2v) is 2.06. The van der Waals surface area contributed by atoms with Crippen LogP contribution in [-0.4, -0.2) is 24.9 Å². The molecule has 0 atom stereocenters. The van der Waals surface area contributed by atoms with Crippen LogP contribution in [0.15, 0.2) is 12.2 Å². The summed E-state index contributed by atoms with van der Waals surface area (Å²) >= 11 is 0. The fraction of sp³-hybridized carbons (Fsp3) is 0.286. The molecule has 66 valence electrons. The van der Waals surface area contributed by atoms with Gasteiger partial charge in [0.25, 0.3) is 5.91 Å². The van der Waals surface area contributed by atoms with E-state index in [1.807, 2.05) is 0 Å². The first-order chi connectivity index (χ1) is 5.49. The third-order valence-electron chi connectivity index (χ3n) is 0.985. The molecule has 0 aromatic carbocycles. The SMILES string of the molecule is C=C(C)C(=O)NC(=O)C(=O)OC. The Morgan fingerprint density at radius 1 is 1.25 bits per heavy atom. The van der Waals surface area contributed by atoms with Gasteiger partial charge in [-0.2, -0.15) is 0 Å². The van der Waals surface area contributed by atoms with Crippen LogP contribution in [0.1, 0.15) is 6.92 Å². The van der Waals surface area contributed by atoms with Crippen LogP contribution in [0.4, 0.5) is 0 Å². The molecule has 0 saturated heterocycles. The zero-order valence-electron chi connectivity index (χ0n) is 6.84. The highest BCUT2D eigenvalue weighted by Crippen LogP contribution is 1.85. The molecule has 0 aliphatic carbocycles. The van der Waals surface area contributed by atoms with Crippen LogP contribution in [0.3, 0.4) is 0 Å². The average molecular weight is 171 g/mol. The molecule has 5 heteroatoms. The van der Waals surface area contributed by atoms with Crippen molar-refractivity contribution < 1.29 is 19.1 Å². The lowest BCUT2D eigenvalue weighted by atomic mass is 10.3. The molecule has 5 nitrogen and oxygen atoms in total. The molecular formula is C7H9NO4. The Morgan fingerprint density at radius 2 is 1.75 bits per heavy atom. The summed E-state index contributed by atoms with van der Waals surface area (Å²) in [7, 11) is 1.05. The highest BCUT2D eigenvalue weighted by atomic mass is 16.5. The van der Waals surface area contributed by atoms with Gasteiger partial charge in [-0.15, -0.1) is 0 Å². The van der Waals surface area contributed by atoms with Gasteiger partial charge in [0.2, 0.25) is 0 Å². The Balaban J connectivity index is 4.11. The largest absolute Gasteiger partial charge is 0.462 e. The standard InChI is InChI=1S/C7H9NO4/c1-4(2)5(9)8-6(10)7(11)12-3/h1H2,2-3H3,(H,8,9,10). The highest BCUT2D eigenvalue weighted by molar-refractivity contribution is 6.36. The van der Waals surface area contributed by atoms with Crippen molar-refractivity contribution in [2.24, 2.45) is 0 Å². The molecule has 0 aromatic heterocycles. The van der Waals surface area contributed by atoms with Gasteiger partial charge in [0, 0.05) is 5.57 Å². The number of methoxy groups -OCH3 is 1. The zero-order chi connectivity index (χ0) is 9.72. The molecule has 0 fully saturated rings. The molecule has 0 unspecified atom stereocenters. The van der Waals surface area contributed by atoms with E-state index in [0.717, 1.165) is 7.11 Å². The topological polar surface area (TPSA) is 72.5 Å². The Kier molecular flexibility index (Phi) is 3.69. The highest BCUT2D eigenvalue weighted by Gasteiger charge is 2.16. The van der Waals surface area contributed by atoms with Gasteiger partial charge in [-0.3, -0.25) is 14.9 Å². The first-order valence-electron chi connectivity index (χ1n) is 3.08. The fourth-order valence-electron chi connectivity index (χ4n) is 0.354. The summed E-state index contributed by atoms with van der Waals surface area (Å²) < 4.78 is 4.06. The third kappa shape index (κ3) is 2.96. The Hall–Kier alpha value is -1.65. The van der Waals surface area contributed by atoms with Crippen LogP contribution in [-0.2, 0) is 19.1 Å². The lowest BCUT2D eigenvalue weighted by Gasteiger charge is -2.00. The molecule has 0 radical (unpaired) electrons. The lowest BCUT2D eigenvalue weighted by Crippen LogP contribution is -2.36. The Bertz CT molecular complexity index is 244. The van der Waals surface area contributed by atoms with Crippen molar-refractivity contribution in [1.82, 2.24) is 5.32 Å². The lowest BCUT2D eigenvalue weighted by molar-refractivity contribution is -0.153. The van der Waals surface area contributed by atoms with Gasteiger partial charge in [0.05, 0.1) is 7.11 Å². The van der Waals surface area contributed by atoms with Gasteiger partial charge in [0.15, 0.2) is 0 Å². The van der Waals surface area contributed by atoms with Crippen LogP contribution in [0.2, 0.25) is 0 Å². The number of carbonyl (C=O) groups is 3. The maximum Gasteiger partial charge on any atom is 0.396 e. The number of esters is 1. The maximum atomic E-state index is 10.7. The predicted octanol–water partition coefficient (Wildman–Crippen LogP) is -0.622. The van der Waals surface area contributed by atoms with Crippen molar-refractivity contribution in [2.75, 3.05) is 7.11 Å². The molecule has 0 rings (SSSR count). The van der Waals surface area contributed by atoms with E-state index in [-0.39, 0.29) is 5.57 Å². The molecule has 0 heterocycles. The summed E-state index contributed by atoms with van der Waals surface area (Å²) in [4.78, 5) is 31.8. The summed E-state index contributed by atoms with van der Waals surface area (Å²) in [6, 6.07) is 0. The molecule has 0 aliphatic rings. The van der Waals surface area contributed by atoms with Crippen LogP contribution in [0.25, 0.3) is 0 Å². The number of hydrogen-bond acceptors (Lipinski definition) is 4. The van der Waals surface area contributed by atoms with Crippen LogP contribution < -0.4 is 5.32 Å². The Labute approximate surface area is 69.4 Å². The van der Waals surface area contributed by atoms with Crippen molar-refractivity contribution in [1.29, 1.82) is 0 Å². The second-order valence-electron chi connectivity index (χ2n) is 2.06. The van der Waals surface area contributed by atoms with Crippen molar-refractivity contribution in [3.05, 3.63) is 12.2 Å². The van der Waals surface area contributed by atoms with Gasteiger partial charge in [-0.25, -0.2) is 4.79 Å². The number of carbonyl (C=O) groups excluding carboxylic acids is 3. The van der Waals surface area contributed by atoms with E-state index < -0.39 is 17.8 Å². The number of amides is 2. The summed E-state index contributed by atoms with van der Waals surface area (Å²) in [6.45, 7) is 4.69. The quantitative estimate of drug-likeness (QED) is 0.324.